The van der Waals surface area contributed by atoms with Gasteiger partial charge in [0.25, 0.3) is 10.0 Å². The van der Waals surface area contributed by atoms with Crippen molar-refractivity contribution < 1.29 is 13.2 Å². The molecule has 8 nitrogen and oxygen atoms in total. The van der Waals surface area contributed by atoms with Crippen molar-refractivity contribution in [3.8, 4) is 0 Å². The van der Waals surface area contributed by atoms with Gasteiger partial charge >= 0.3 is 0 Å². The first-order valence-corrected chi connectivity index (χ1v) is 10.9. The molecule has 0 unspecified atom stereocenters. The van der Waals surface area contributed by atoms with Crippen LogP contribution in [0.15, 0.2) is 28.5 Å². The maximum absolute atomic E-state index is 12.4. The van der Waals surface area contributed by atoms with Gasteiger partial charge in [-0.25, -0.2) is 8.42 Å². The van der Waals surface area contributed by atoms with E-state index in [1.807, 2.05) is 13.0 Å². The minimum Gasteiger partial charge on any atom is -0.379 e. The molecule has 0 bridgehead atoms. The summed E-state index contributed by atoms with van der Waals surface area (Å²) in [6.45, 7) is 7.07. The molecule has 0 spiro atoms. The van der Waals surface area contributed by atoms with Crippen molar-refractivity contribution >= 4 is 33.0 Å². The molecule has 3 heterocycles. The molecule has 1 aliphatic rings. The van der Waals surface area contributed by atoms with E-state index < -0.39 is 10.0 Å². The van der Waals surface area contributed by atoms with Crippen molar-refractivity contribution in [2.24, 2.45) is 0 Å². The van der Waals surface area contributed by atoms with E-state index in [0.717, 1.165) is 50.7 Å². The van der Waals surface area contributed by atoms with Crippen LogP contribution in [0, 0.1) is 0 Å². The van der Waals surface area contributed by atoms with Crippen LogP contribution in [-0.4, -0.2) is 62.9 Å². The predicted octanol–water partition coefficient (Wildman–Crippen LogP) is 1.65. The first kappa shape index (κ1) is 19.0. The van der Waals surface area contributed by atoms with Gasteiger partial charge in [-0.05, 0) is 30.7 Å². The van der Waals surface area contributed by atoms with Gasteiger partial charge in [-0.3, -0.25) is 9.62 Å². The summed E-state index contributed by atoms with van der Waals surface area (Å²) >= 11 is 1.26. The smallest absolute Gasteiger partial charge is 0.272 e. The van der Waals surface area contributed by atoms with Crippen LogP contribution in [0.1, 0.15) is 11.8 Å². The Morgan fingerprint density at radius 3 is 2.54 bits per heavy atom. The lowest BCUT2D eigenvalue weighted by Gasteiger charge is -2.26. The number of thiophene rings is 1. The summed E-state index contributed by atoms with van der Waals surface area (Å²) in [6, 6.07) is 6.76. The minimum absolute atomic E-state index is 0.204. The van der Waals surface area contributed by atoms with Crippen LogP contribution in [0.5, 0.6) is 0 Å². The molecule has 0 saturated carbocycles. The zero-order valence-electron chi connectivity index (χ0n) is 14.6. The molecule has 1 saturated heterocycles. The van der Waals surface area contributed by atoms with E-state index in [-0.39, 0.29) is 10.0 Å². The lowest BCUT2D eigenvalue weighted by atomic mass is 10.4. The molecule has 3 rings (SSSR count). The highest BCUT2D eigenvalue weighted by Gasteiger charge is 2.17. The Kier molecular flexibility index (Phi) is 6.41. The van der Waals surface area contributed by atoms with Crippen molar-refractivity contribution in [3.05, 3.63) is 29.1 Å². The van der Waals surface area contributed by atoms with Crippen LogP contribution in [-0.2, 0) is 21.2 Å². The third kappa shape index (κ3) is 5.13. The van der Waals surface area contributed by atoms with Crippen LogP contribution in [0.4, 0.5) is 11.6 Å². The lowest BCUT2D eigenvalue weighted by Crippen LogP contribution is -2.39. The van der Waals surface area contributed by atoms with Gasteiger partial charge in [0.05, 0.1) is 13.2 Å². The Labute approximate surface area is 157 Å². The second-order valence-corrected chi connectivity index (χ2v) is 8.94. The summed E-state index contributed by atoms with van der Waals surface area (Å²) in [6.07, 6.45) is 0.810. The van der Waals surface area contributed by atoms with Crippen LogP contribution in [0.3, 0.4) is 0 Å². The van der Waals surface area contributed by atoms with Gasteiger partial charge in [0.2, 0.25) is 0 Å². The molecule has 0 atom stereocenters. The van der Waals surface area contributed by atoms with Gasteiger partial charge in [-0.15, -0.1) is 21.5 Å². The SMILES string of the molecule is CCc1ccc(S(=O)(=O)Nc2ccc(NCCN3CCOCC3)nn2)s1. The number of rotatable bonds is 8. The zero-order valence-corrected chi connectivity index (χ0v) is 16.3. The van der Waals surface area contributed by atoms with Crippen molar-refractivity contribution in [1.82, 2.24) is 15.1 Å². The highest BCUT2D eigenvalue weighted by molar-refractivity contribution is 7.94. The Morgan fingerprint density at radius 1 is 1.15 bits per heavy atom. The highest BCUT2D eigenvalue weighted by Crippen LogP contribution is 2.23. The summed E-state index contributed by atoms with van der Waals surface area (Å²) in [4.78, 5) is 3.34. The number of aromatic nitrogens is 2. The molecule has 2 aromatic rings. The Hall–Kier alpha value is -1.75. The Balaban J connectivity index is 1.52. The van der Waals surface area contributed by atoms with E-state index in [4.69, 9.17) is 4.74 Å². The summed E-state index contributed by atoms with van der Waals surface area (Å²) in [5.74, 6) is 0.820. The fraction of sp³-hybridized carbons (Fsp3) is 0.500. The summed E-state index contributed by atoms with van der Waals surface area (Å²) in [7, 11) is -3.62. The van der Waals surface area contributed by atoms with Gasteiger partial charge in [-0.2, -0.15) is 0 Å². The highest BCUT2D eigenvalue weighted by atomic mass is 32.2. The fourth-order valence-electron chi connectivity index (χ4n) is 2.53. The second kappa shape index (κ2) is 8.76. The van der Waals surface area contributed by atoms with E-state index in [9.17, 15) is 8.42 Å². The quantitative estimate of drug-likeness (QED) is 0.699. The summed E-state index contributed by atoms with van der Waals surface area (Å²) < 4.78 is 32.8. The molecule has 2 aromatic heterocycles. The Bertz CT molecular complexity index is 802. The topological polar surface area (TPSA) is 96.5 Å². The van der Waals surface area contributed by atoms with E-state index in [1.54, 1.807) is 18.2 Å². The maximum atomic E-state index is 12.4. The summed E-state index contributed by atoms with van der Waals surface area (Å²) in [5, 5.41) is 11.2. The minimum atomic E-state index is -3.62. The molecule has 1 fully saturated rings. The third-order valence-corrected chi connectivity index (χ3v) is 7.07. The number of sulfonamides is 1. The second-order valence-electron chi connectivity index (χ2n) is 5.86. The number of nitrogens with one attached hydrogen (secondary N) is 2. The van der Waals surface area contributed by atoms with Crippen molar-refractivity contribution in [2.75, 3.05) is 49.4 Å². The van der Waals surface area contributed by atoms with Gasteiger partial charge in [0.1, 0.15) is 10.0 Å². The summed E-state index contributed by atoms with van der Waals surface area (Å²) in [5.41, 5.74) is 0. The normalized spacial score (nSPS) is 15.7. The van der Waals surface area contributed by atoms with E-state index in [1.165, 1.54) is 11.3 Å². The van der Waals surface area contributed by atoms with Gasteiger partial charge in [0.15, 0.2) is 5.82 Å². The van der Waals surface area contributed by atoms with Crippen molar-refractivity contribution in [2.45, 2.75) is 17.6 Å². The molecule has 142 valence electrons. The number of hydrogen-bond acceptors (Lipinski definition) is 8. The molecule has 10 heteroatoms. The number of morpholine rings is 1. The number of ether oxygens (including phenoxy) is 1. The average molecular weight is 398 g/mol. The number of nitrogens with zero attached hydrogens (tertiary/aromatic N) is 3. The molecular formula is C16H23N5O3S2. The van der Waals surface area contributed by atoms with E-state index in [2.05, 4.69) is 25.1 Å². The molecule has 0 radical (unpaired) electrons. The zero-order chi connectivity index (χ0) is 18.4. The van der Waals surface area contributed by atoms with Gasteiger partial charge in [0, 0.05) is 31.1 Å². The van der Waals surface area contributed by atoms with Crippen LogP contribution in [0.2, 0.25) is 0 Å². The van der Waals surface area contributed by atoms with Crippen LogP contribution < -0.4 is 10.0 Å². The Morgan fingerprint density at radius 2 is 1.88 bits per heavy atom. The van der Waals surface area contributed by atoms with E-state index >= 15 is 0 Å². The number of hydrogen-bond donors (Lipinski definition) is 2. The molecular weight excluding hydrogens is 374 g/mol. The van der Waals surface area contributed by atoms with E-state index in [0.29, 0.717) is 5.82 Å². The molecule has 0 amide bonds. The first-order chi connectivity index (χ1) is 12.6. The third-order valence-electron chi connectivity index (χ3n) is 3.99. The monoisotopic (exact) mass is 397 g/mol. The number of anilines is 2. The van der Waals surface area contributed by atoms with Gasteiger partial charge < -0.3 is 10.1 Å². The van der Waals surface area contributed by atoms with Crippen molar-refractivity contribution in [3.63, 3.8) is 0 Å². The molecule has 0 aromatic carbocycles. The lowest BCUT2D eigenvalue weighted by molar-refractivity contribution is 0.0398. The molecule has 2 N–H and O–H groups in total. The van der Waals surface area contributed by atoms with Gasteiger partial charge in [-0.1, -0.05) is 6.92 Å². The number of aryl methyl sites for hydroxylation is 1. The molecule has 0 aliphatic carbocycles. The maximum Gasteiger partial charge on any atom is 0.272 e. The molecule has 1 aliphatic heterocycles. The molecule has 26 heavy (non-hydrogen) atoms. The van der Waals surface area contributed by atoms with Crippen molar-refractivity contribution in [1.29, 1.82) is 0 Å². The standard InChI is InChI=1S/C16H23N5O3S2/c1-2-13-3-6-16(25-13)26(22,23)20-15-5-4-14(18-19-15)17-7-8-21-9-11-24-12-10-21/h3-6H,2,7-12H2,1H3,(H,17,18)(H,19,20). The first-order valence-electron chi connectivity index (χ1n) is 8.56. The average Bonchev–Trinajstić information content (AvgIpc) is 3.14. The largest absolute Gasteiger partial charge is 0.379 e. The fourth-order valence-corrected chi connectivity index (χ4v) is 4.82. The predicted molar refractivity (Wildman–Crippen MR) is 102 cm³/mol. The van der Waals surface area contributed by atoms with Crippen LogP contribution in [0.25, 0.3) is 0 Å². The van der Waals surface area contributed by atoms with Crippen LogP contribution >= 0.6 is 11.3 Å².